The van der Waals surface area contributed by atoms with Gasteiger partial charge in [-0.25, -0.2) is 13.4 Å². The van der Waals surface area contributed by atoms with Crippen LogP contribution in [0.4, 0.5) is 11.0 Å². The molecule has 11 nitrogen and oxygen atoms in total. The van der Waals surface area contributed by atoms with Gasteiger partial charge in [0.1, 0.15) is 4.92 Å². The molecular formula is C17H14N4O7S2. The highest BCUT2D eigenvalue weighted by atomic mass is 32.2. The number of fused-ring (bicyclic) bond motifs is 1. The number of anilines is 1. The summed E-state index contributed by atoms with van der Waals surface area (Å²) in [7, 11) is -3.35. The van der Waals surface area contributed by atoms with Crippen molar-refractivity contribution in [2.24, 2.45) is 5.92 Å². The Morgan fingerprint density at radius 3 is 2.67 bits per heavy atom. The molecule has 2 aromatic heterocycles. The smallest absolute Gasteiger partial charge is 0.395 e. The van der Waals surface area contributed by atoms with E-state index in [4.69, 9.17) is 4.42 Å². The van der Waals surface area contributed by atoms with E-state index >= 15 is 0 Å². The maximum atomic E-state index is 12.4. The number of hydrogen-bond donors (Lipinski definition) is 1. The number of thiazole rings is 1. The van der Waals surface area contributed by atoms with Crippen molar-refractivity contribution < 1.29 is 27.3 Å². The van der Waals surface area contributed by atoms with E-state index in [-0.39, 0.29) is 29.7 Å². The normalized spacial score (nSPS) is 14.5. The maximum Gasteiger partial charge on any atom is 0.433 e. The van der Waals surface area contributed by atoms with Crippen LogP contribution >= 0.6 is 11.3 Å². The summed E-state index contributed by atoms with van der Waals surface area (Å²) in [5.74, 6) is -2.00. The van der Waals surface area contributed by atoms with E-state index in [0.717, 1.165) is 23.7 Å². The van der Waals surface area contributed by atoms with Crippen molar-refractivity contribution in [3.8, 4) is 0 Å². The number of nitrogens with one attached hydrogen (secondary N) is 1. The molecule has 1 aliphatic rings. The molecular weight excluding hydrogens is 436 g/mol. The molecule has 30 heavy (non-hydrogen) atoms. The van der Waals surface area contributed by atoms with Gasteiger partial charge in [-0.15, -0.1) is 0 Å². The number of rotatable bonds is 5. The van der Waals surface area contributed by atoms with Crippen LogP contribution in [0.3, 0.4) is 0 Å². The molecule has 0 aliphatic carbocycles. The number of sulfone groups is 1. The summed E-state index contributed by atoms with van der Waals surface area (Å²) in [5.41, 5.74) is 0.563. The van der Waals surface area contributed by atoms with Crippen LogP contribution in [0.1, 0.15) is 10.6 Å². The molecule has 3 aromatic rings. The number of amides is 2. The number of likely N-dealkylation sites (tertiary alicyclic amines) is 1. The lowest BCUT2D eigenvalue weighted by molar-refractivity contribution is -0.402. The summed E-state index contributed by atoms with van der Waals surface area (Å²) in [6, 6.07) is 6.85. The second-order valence-corrected chi connectivity index (χ2v) is 9.76. The molecule has 0 saturated carbocycles. The Morgan fingerprint density at radius 2 is 2.03 bits per heavy atom. The van der Waals surface area contributed by atoms with E-state index in [9.17, 15) is 28.1 Å². The highest BCUT2D eigenvalue weighted by Crippen LogP contribution is 2.29. The van der Waals surface area contributed by atoms with E-state index in [1.165, 1.54) is 23.1 Å². The third-order valence-electron chi connectivity index (χ3n) is 4.54. The third-order valence-corrected chi connectivity index (χ3v) is 6.58. The lowest BCUT2D eigenvalue weighted by atomic mass is 9.99. The number of aromatic nitrogens is 1. The zero-order valence-electron chi connectivity index (χ0n) is 15.4. The number of nitro groups is 1. The van der Waals surface area contributed by atoms with Crippen LogP contribution < -0.4 is 5.32 Å². The fourth-order valence-corrected chi connectivity index (χ4v) is 4.53. The molecule has 1 aromatic carbocycles. The zero-order chi connectivity index (χ0) is 21.6. The number of carbonyl (C=O) groups is 2. The Labute approximate surface area is 173 Å². The number of carbonyl (C=O) groups excluding carboxylic acids is 2. The average molecular weight is 450 g/mol. The Bertz CT molecular complexity index is 1290. The van der Waals surface area contributed by atoms with Gasteiger partial charge in [0.05, 0.1) is 27.1 Å². The van der Waals surface area contributed by atoms with Gasteiger partial charge in [0.2, 0.25) is 5.91 Å². The minimum absolute atomic E-state index is 0.141. The lowest BCUT2D eigenvalue weighted by Crippen LogP contribution is -2.54. The molecule has 13 heteroatoms. The second-order valence-electron chi connectivity index (χ2n) is 6.71. The van der Waals surface area contributed by atoms with Gasteiger partial charge in [-0.1, -0.05) is 11.3 Å². The predicted molar refractivity (Wildman–Crippen MR) is 106 cm³/mol. The molecule has 1 fully saturated rings. The van der Waals surface area contributed by atoms with Crippen LogP contribution in [-0.2, 0) is 14.6 Å². The molecule has 1 N–H and O–H groups in total. The van der Waals surface area contributed by atoms with E-state index in [0.29, 0.717) is 15.3 Å². The zero-order valence-corrected chi connectivity index (χ0v) is 17.0. The Morgan fingerprint density at radius 1 is 1.30 bits per heavy atom. The molecule has 4 rings (SSSR count). The number of hydrogen-bond acceptors (Lipinski definition) is 9. The second kappa shape index (κ2) is 7.18. The van der Waals surface area contributed by atoms with Gasteiger partial charge in [-0.2, -0.15) is 0 Å². The summed E-state index contributed by atoms with van der Waals surface area (Å²) in [5, 5.41) is 13.6. The SMILES string of the molecule is CS(=O)(=O)c1ccc2nc(NC(=O)C3CN(C(=O)c4ccc([N+](=O)[O-])o4)C3)sc2c1. The molecule has 3 heterocycles. The van der Waals surface area contributed by atoms with Crippen molar-refractivity contribution in [2.75, 3.05) is 24.7 Å². The van der Waals surface area contributed by atoms with Gasteiger partial charge in [0.25, 0.3) is 5.91 Å². The summed E-state index contributed by atoms with van der Waals surface area (Å²) in [6.45, 7) is 0.282. The molecule has 2 amide bonds. The topological polar surface area (TPSA) is 153 Å². The van der Waals surface area contributed by atoms with E-state index in [1.807, 2.05) is 0 Å². The summed E-state index contributed by atoms with van der Waals surface area (Å²) in [4.78, 5) is 40.3. The van der Waals surface area contributed by atoms with Crippen LogP contribution in [0.25, 0.3) is 10.2 Å². The van der Waals surface area contributed by atoms with Crippen molar-refractivity contribution in [3.63, 3.8) is 0 Å². The molecule has 0 radical (unpaired) electrons. The average Bonchev–Trinajstić information content (AvgIpc) is 3.25. The minimum atomic E-state index is -3.35. The van der Waals surface area contributed by atoms with Gasteiger partial charge in [0.15, 0.2) is 20.7 Å². The molecule has 0 spiro atoms. The molecule has 0 atom stereocenters. The van der Waals surface area contributed by atoms with Gasteiger partial charge in [-0.3, -0.25) is 19.7 Å². The van der Waals surface area contributed by atoms with Gasteiger partial charge in [-0.05, 0) is 24.3 Å². The van der Waals surface area contributed by atoms with Crippen molar-refractivity contribution in [1.29, 1.82) is 0 Å². The third kappa shape index (κ3) is 3.76. The molecule has 0 bridgehead atoms. The van der Waals surface area contributed by atoms with Crippen LogP contribution in [0.15, 0.2) is 39.6 Å². The predicted octanol–water partition coefficient (Wildman–Crippen LogP) is 1.91. The minimum Gasteiger partial charge on any atom is -0.395 e. The summed E-state index contributed by atoms with van der Waals surface area (Å²) >= 11 is 1.15. The van der Waals surface area contributed by atoms with E-state index in [1.54, 1.807) is 6.07 Å². The van der Waals surface area contributed by atoms with Gasteiger partial charge >= 0.3 is 5.88 Å². The fourth-order valence-electron chi connectivity index (χ4n) is 2.90. The van der Waals surface area contributed by atoms with Crippen molar-refractivity contribution in [2.45, 2.75) is 4.90 Å². The van der Waals surface area contributed by atoms with Crippen molar-refractivity contribution >= 4 is 54.2 Å². The molecule has 1 aliphatic heterocycles. The van der Waals surface area contributed by atoms with Gasteiger partial charge < -0.3 is 14.6 Å². The van der Waals surface area contributed by atoms with E-state index in [2.05, 4.69) is 10.3 Å². The standard InChI is InChI=1S/C17H14N4O7S2/c1-30(26,27)10-2-3-11-13(6-10)29-17(18-11)19-15(22)9-7-20(8-9)16(23)12-4-5-14(28-12)21(24)25/h2-6,9H,7-8H2,1H3,(H,18,19,22). The number of furan rings is 1. The first-order valence-electron chi connectivity index (χ1n) is 8.57. The first-order valence-corrected chi connectivity index (χ1v) is 11.3. The van der Waals surface area contributed by atoms with Crippen LogP contribution in [0.5, 0.6) is 0 Å². The molecule has 156 valence electrons. The number of nitrogens with zero attached hydrogens (tertiary/aromatic N) is 3. The van der Waals surface area contributed by atoms with Crippen molar-refractivity contribution in [3.05, 3.63) is 46.2 Å². The van der Waals surface area contributed by atoms with Gasteiger partial charge in [0, 0.05) is 19.3 Å². The largest absolute Gasteiger partial charge is 0.433 e. The monoisotopic (exact) mass is 450 g/mol. The highest BCUT2D eigenvalue weighted by Gasteiger charge is 2.37. The lowest BCUT2D eigenvalue weighted by Gasteiger charge is -2.37. The highest BCUT2D eigenvalue weighted by molar-refractivity contribution is 7.90. The van der Waals surface area contributed by atoms with E-state index < -0.39 is 32.5 Å². The number of benzene rings is 1. The first kappa shape index (κ1) is 20.0. The fraction of sp³-hybridized carbons (Fsp3) is 0.235. The molecule has 1 saturated heterocycles. The summed E-state index contributed by atoms with van der Waals surface area (Å²) < 4.78 is 28.8. The summed E-state index contributed by atoms with van der Waals surface area (Å²) in [6.07, 6.45) is 1.11. The molecule has 0 unspecified atom stereocenters. The maximum absolute atomic E-state index is 12.4. The van der Waals surface area contributed by atoms with Crippen LogP contribution in [0, 0.1) is 16.0 Å². The quantitative estimate of drug-likeness (QED) is 0.457. The Balaban J connectivity index is 1.38. The van der Waals surface area contributed by atoms with Crippen LogP contribution in [-0.4, -0.2) is 54.4 Å². The Hall–Kier alpha value is -3.32. The first-order chi connectivity index (χ1) is 14.1. The Kier molecular flexibility index (Phi) is 4.78. The van der Waals surface area contributed by atoms with Crippen molar-refractivity contribution in [1.82, 2.24) is 9.88 Å². The van der Waals surface area contributed by atoms with Crippen LogP contribution in [0.2, 0.25) is 0 Å².